The second-order valence-corrected chi connectivity index (χ2v) is 7.68. The minimum Gasteiger partial charge on any atom is -0.373 e. The first-order chi connectivity index (χ1) is 12.3. The zero-order chi connectivity index (χ0) is 17.1. The number of carbonyl (C=O) groups is 1. The van der Waals surface area contributed by atoms with E-state index in [0.29, 0.717) is 0 Å². The standard InChI is InChI=1S/C20H29N3O2/c24-19(22-18-10-15-25-20(18)11-4-5-12-20)21-16-8-13-23(14-9-16)17-6-2-1-3-7-17/h1-3,6-7,16,18H,4-5,8-15H2,(H2,21,22,24). The number of carbonyl (C=O) groups excluding carboxylic acids is 1. The molecule has 3 aliphatic rings. The molecule has 2 heterocycles. The number of ether oxygens (including phenoxy) is 1. The van der Waals surface area contributed by atoms with Crippen LogP contribution in [0.25, 0.3) is 0 Å². The third kappa shape index (κ3) is 3.61. The summed E-state index contributed by atoms with van der Waals surface area (Å²) in [5.74, 6) is 0. The van der Waals surface area contributed by atoms with Crippen molar-refractivity contribution in [3.05, 3.63) is 30.3 Å². The molecule has 1 aromatic carbocycles. The first kappa shape index (κ1) is 16.7. The van der Waals surface area contributed by atoms with Gasteiger partial charge in [0.25, 0.3) is 0 Å². The van der Waals surface area contributed by atoms with E-state index in [1.165, 1.54) is 18.5 Å². The van der Waals surface area contributed by atoms with Gasteiger partial charge in [-0.1, -0.05) is 31.0 Å². The number of amides is 2. The molecule has 136 valence electrons. The van der Waals surface area contributed by atoms with Gasteiger partial charge in [-0.3, -0.25) is 0 Å². The van der Waals surface area contributed by atoms with E-state index < -0.39 is 0 Å². The molecule has 2 aliphatic heterocycles. The Labute approximate surface area is 150 Å². The second-order valence-electron chi connectivity index (χ2n) is 7.68. The van der Waals surface area contributed by atoms with Crippen molar-refractivity contribution >= 4 is 11.7 Å². The number of benzene rings is 1. The van der Waals surface area contributed by atoms with Crippen LogP contribution in [0.3, 0.4) is 0 Å². The van der Waals surface area contributed by atoms with Crippen molar-refractivity contribution in [1.82, 2.24) is 10.6 Å². The predicted octanol–water partition coefficient (Wildman–Crippen LogP) is 3.06. The number of piperidine rings is 1. The Bertz CT molecular complexity index is 572. The van der Waals surface area contributed by atoms with Crippen LogP contribution in [0.2, 0.25) is 0 Å². The van der Waals surface area contributed by atoms with Crippen molar-refractivity contribution in [2.75, 3.05) is 24.6 Å². The van der Waals surface area contributed by atoms with Gasteiger partial charge in [0.15, 0.2) is 0 Å². The lowest BCUT2D eigenvalue weighted by atomic mass is 9.92. The maximum Gasteiger partial charge on any atom is 0.315 e. The zero-order valence-electron chi connectivity index (χ0n) is 14.9. The van der Waals surface area contributed by atoms with Crippen LogP contribution in [0, 0.1) is 0 Å². The van der Waals surface area contributed by atoms with Crippen LogP contribution in [0.4, 0.5) is 10.5 Å². The van der Waals surface area contributed by atoms with E-state index in [9.17, 15) is 4.79 Å². The molecular weight excluding hydrogens is 314 g/mol. The lowest BCUT2D eigenvalue weighted by molar-refractivity contribution is -0.00266. The number of nitrogens with zero attached hydrogens (tertiary/aromatic N) is 1. The third-order valence-electron chi connectivity index (χ3n) is 6.14. The highest BCUT2D eigenvalue weighted by Crippen LogP contribution is 2.41. The fraction of sp³-hybridized carbons (Fsp3) is 0.650. The Kier molecular flexibility index (Phi) is 4.84. The molecule has 1 aromatic rings. The second kappa shape index (κ2) is 7.24. The summed E-state index contributed by atoms with van der Waals surface area (Å²) in [6.07, 6.45) is 7.55. The number of hydrogen-bond acceptors (Lipinski definition) is 3. The highest BCUT2D eigenvalue weighted by Gasteiger charge is 2.46. The van der Waals surface area contributed by atoms with Gasteiger partial charge in [-0.15, -0.1) is 0 Å². The van der Waals surface area contributed by atoms with Crippen molar-refractivity contribution in [3.8, 4) is 0 Å². The van der Waals surface area contributed by atoms with Gasteiger partial charge >= 0.3 is 6.03 Å². The monoisotopic (exact) mass is 343 g/mol. The summed E-state index contributed by atoms with van der Waals surface area (Å²) in [5, 5.41) is 6.41. The summed E-state index contributed by atoms with van der Waals surface area (Å²) in [7, 11) is 0. The summed E-state index contributed by atoms with van der Waals surface area (Å²) in [6.45, 7) is 2.76. The Morgan fingerprint density at radius 1 is 1.04 bits per heavy atom. The quantitative estimate of drug-likeness (QED) is 0.887. The maximum absolute atomic E-state index is 12.5. The van der Waals surface area contributed by atoms with E-state index >= 15 is 0 Å². The van der Waals surface area contributed by atoms with E-state index in [1.807, 2.05) is 6.07 Å². The van der Waals surface area contributed by atoms with Crippen LogP contribution >= 0.6 is 0 Å². The fourth-order valence-electron chi connectivity index (χ4n) is 4.72. The Balaban J connectivity index is 1.25. The molecule has 0 aromatic heterocycles. The van der Waals surface area contributed by atoms with E-state index in [4.69, 9.17) is 4.74 Å². The molecule has 1 unspecified atom stereocenters. The number of urea groups is 1. The van der Waals surface area contributed by atoms with Gasteiger partial charge in [-0.05, 0) is 44.2 Å². The van der Waals surface area contributed by atoms with Crippen molar-refractivity contribution < 1.29 is 9.53 Å². The highest BCUT2D eigenvalue weighted by molar-refractivity contribution is 5.74. The number of para-hydroxylation sites is 1. The molecule has 1 aliphatic carbocycles. The number of nitrogens with one attached hydrogen (secondary N) is 2. The van der Waals surface area contributed by atoms with Crippen LogP contribution in [-0.2, 0) is 4.74 Å². The van der Waals surface area contributed by atoms with E-state index in [-0.39, 0.29) is 23.7 Å². The molecule has 1 spiro atoms. The first-order valence-corrected chi connectivity index (χ1v) is 9.76. The van der Waals surface area contributed by atoms with Gasteiger partial charge in [0.05, 0.1) is 11.6 Å². The molecule has 2 saturated heterocycles. The highest BCUT2D eigenvalue weighted by atomic mass is 16.5. The maximum atomic E-state index is 12.5. The van der Waals surface area contributed by atoms with Crippen LogP contribution in [0.15, 0.2) is 30.3 Å². The summed E-state index contributed by atoms with van der Waals surface area (Å²) < 4.78 is 6.02. The van der Waals surface area contributed by atoms with Crippen LogP contribution in [-0.4, -0.2) is 43.4 Å². The third-order valence-corrected chi connectivity index (χ3v) is 6.14. The Morgan fingerprint density at radius 2 is 1.76 bits per heavy atom. The molecule has 1 atom stereocenters. The van der Waals surface area contributed by atoms with Gasteiger partial charge in [0.1, 0.15) is 0 Å². The van der Waals surface area contributed by atoms with E-state index in [1.54, 1.807) is 0 Å². The van der Waals surface area contributed by atoms with Gasteiger partial charge in [-0.25, -0.2) is 4.79 Å². The van der Waals surface area contributed by atoms with Crippen LogP contribution in [0.5, 0.6) is 0 Å². The molecule has 0 radical (unpaired) electrons. The first-order valence-electron chi connectivity index (χ1n) is 9.76. The molecule has 2 amide bonds. The molecule has 1 saturated carbocycles. The topological polar surface area (TPSA) is 53.6 Å². The minimum absolute atomic E-state index is 0.0139. The molecule has 25 heavy (non-hydrogen) atoms. The van der Waals surface area contributed by atoms with Crippen molar-refractivity contribution in [2.45, 2.75) is 62.6 Å². The normalized spacial score (nSPS) is 26.1. The van der Waals surface area contributed by atoms with Crippen molar-refractivity contribution in [2.24, 2.45) is 0 Å². The van der Waals surface area contributed by atoms with E-state index in [0.717, 1.165) is 51.8 Å². The SMILES string of the molecule is O=C(NC1CCN(c2ccccc2)CC1)NC1CCOC12CCCC2. The van der Waals surface area contributed by atoms with E-state index in [2.05, 4.69) is 39.8 Å². The Hall–Kier alpha value is -1.75. The van der Waals surface area contributed by atoms with Crippen LogP contribution in [0.1, 0.15) is 44.9 Å². The lowest BCUT2D eigenvalue weighted by Crippen LogP contribution is -2.54. The van der Waals surface area contributed by atoms with Gasteiger partial charge in [0.2, 0.25) is 0 Å². The summed E-state index contributed by atoms with van der Waals surface area (Å²) in [5.41, 5.74) is 1.20. The molecular formula is C20H29N3O2. The predicted molar refractivity (Wildman–Crippen MR) is 98.9 cm³/mol. The van der Waals surface area contributed by atoms with Gasteiger partial charge in [0, 0.05) is 31.4 Å². The molecule has 2 N–H and O–H groups in total. The zero-order valence-corrected chi connectivity index (χ0v) is 14.9. The fourth-order valence-corrected chi connectivity index (χ4v) is 4.72. The van der Waals surface area contributed by atoms with Gasteiger partial charge in [-0.2, -0.15) is 0 Å². The molecule has 3 fully saturated rings. The number of hydrogen-bond donors (Lipinski definition) is 2. The smallest absolute Gasteiger partial charge is 0.315 e. The Morgan fingerprint density at radius 3 is 2.48 bits per heavy atom. The van der Waals surface area contributed by atoms with Crippen LogP contribution < -0.4 is 15.5 Å². The molecule has 5 nitrogen and oxygen atoms in total. The average molecular weight is 343 g/mol. The number of anilines is 1. The summed E-state index contributed by atoms with van der Waals surface area (Å²) >= 11 is 0. The molecule has 5 heteroatoms. The summed E-state index contributed by atoms with van der Waals surface area (Å²) in [4.78, 5) is 14.9. The average Bonchev–Trinajstić information content (AvgIpc) is 3.27. The molecule has 0 bridgehead atoms. The number of rotatable bonds is 3. The summed E-state index contributed by atoms with van der Waals surface area (Å²) in [6, 6.07) is 10.9. The van der Waals surface area contributed by atoms with Crippen molar-refractivity contribution in [1.29, 1.82) is 0 Å². The lowest BCUT2D eigenvalue weighted by Gasteiger charge is -2.35. The largest absolute Gasteiger partial charge is 0.373 e. The van der Waals surface area contributed by atoms with Crippen molar-refractivity contribution in [3.63, 3.8) is 0 Å². The minimum atomic E-state index is -0.0754. The molecule has 4 rings (SSSR count). The van der Waals surface area contributed by atoms with Gasteiger partial charge < -0.3 is 20.3 Å².